The summed E-state index contributed by atoms with van der Waals surface area (Å²) in [6.45, 7) is 10.8. The fourth-order valence-electron chi connectivity index (χ4n) is 3.02. The Morgan fingerprint density at radius 1 is 1.12 bits per heavy atom. The molecule has 0 amide bonds. The highest BCUT2D eigenvalue weighted by Crippen LogP contribution is 2.34. The molecule has 2 atom stereocenters. The third-order valence-corrected chi connectivity index (χ3v) is 4.45. The van der Waals surface area contributed by atoms with Gasteiger partial charge in [-0.1, -0.05) is 20.8 Å². The third-order valence-electron chi connectivity index (χ3n) is 4.45. The van der Waals surface area contributed by atoms with Crippen LogP contribution in [0.4, 0.5) is 0 Å². The zero-order chi connectivity index (χ0) is 11.5. The summed E-state index contributed by atoms with van der Waals surface area (Å²) in [5, 5.41) is 3.60. The van der Waals surface area contributed by atoms with E-state index < -0.39 is 0 Å². The van der Waals surface area contributed by atoms with E-state index in [4.69, 9.17) is 0 Å². The fraction of sp³-hybridized carbons (Fsp3) is 1.00. The highest BCUT2D eigenvalue weighted by atomic mass is 15.2. The van der Waals surface area contributed by atoms with Crippen molar-refractivity contribution in [2.24, 2.45) is 11.8 Å². The zero-order valence-electron chi connectivity index (χ0n) is 11.2. The Morgan fingerprint density at radius 2 is 1.81 bits per heavy atom. The second kappa shape index (κ2) is 5.50. The van der Waals surface area contributed by atoms with Gasteiger partial charge in [-0.2, -0.15) is 0 Å². The van der Waals surface area contributed by atoms with E-state index in [0.29, 0.717) is 6.04 Å². The van der Waals surface area contributed by atoms with E-state index in [9.17, 15) is 0 Å². The van der Waals surface area contributed by atoms with Crippen LogP contribution in [0.1, 0.15) is 46.5 Å². The average molecular weight is 224 g/mol. The quantitative estimate of drug-likeness (QED) is 0.789. The number of likely N-dealkylation sites (tertiary alicyclic amines) is 1. The molecular formula is C14H28N2. The van der Waals surface area contributed by atoms with Crippen LogP contribution in [0.3, 0.4) is 0 Å². The van der Waals surface area contributed by atoms with E-state index >= 15 is 0 Å². The molecule has 1 heterocycles. The summed E-state index contributed by atoms with van der Waals surface area (Å²) in [4.78, 5) is 2.76. The minimum atomic E-state index is 0.641. The summed E-state index contributed by atoms with van der Waals surface area (Å²) in [7, 11) is 0. The SMILES string of the molecule is CC1CCN(C2CCC2CNC(C)C)CC1. The van der Waals surface area contributed by atoms with Gasteiger partial charge in [0, 0.05) is 12.1 Å². The van der Waals surface area contributed by atoms with Crippen molar-refractivity contribution in [3.8, 4) is 0 Å². The molecule has 1 N–H and O–H groups in total. The van der Waals surface area contributed by atoms with Crippen LogP contribution in [0, 0.1) is 11.8 Å². The highest BCUT2D eigenvalue weighted by molar-refractivity contribution is 4.91. The third kappa shape index (κ3) is 2.98. The van der Waals surface area contributed by atoms with Gasteiger partial charge in [0.25, 0.3) is 0 Å². The number of nitrogens with one attached hydrogen (secondary N) is 1. The fourth-order valence-corrected chi connectivity index (χ4v) is 3.02. The predicted octanol–water partition coefficient (Wildman–Crippen LogP) is 2.49. The normalized spacial score (nSPS) is 33.0. The van der Waals surface area contributed by atoms with E-state index in [2.05, 4.69) is 31.0 Å². The number of hydrogen-bond donors (Lipinski definition) is 1. The van der Waals surface area contributed by atoms with Crippen LogP contribution in [0.15, 0.2) is 0 Å². The molecule has 1 saturated heterocycles. The molecule has 0 radical (unpaired) electrons. The van der Waals surface area contributed by atoms with E-state index in [0.717, 1.165) is 17.9 Å². The van der Waals surface area contributed by atoms with Crippen molar-refractivity contribution < 1.29 is 0 Å². The molecule has 0 spiro atoms. The van der Waals surface area contributed by atoms with E-state index in [1.165, 1.54) is 45.3 Å². The molecular weight excluding hydrogens is 196 g/mol. The topological polar surface area (TPSA) is 15.3 Å². The van der Waals surface area contributed by atoms with Crippen molar-refractivity contribution in [1.82, 2.24) is 10.2 Å². The van der Waals surface area contributed by atoms with Gasteiger partial charge in [-0.15, -0.1) is 0 Å². The van der Waals surface area contributed by atoms with Crippen LogP contribution >= 0.6 is 0 Å². The van der Waals surface area contributed by atoms with Crippen molar-refractivity contribution in [2.45, 2.75) is 58.5 Å². The number of rotatable bonds is 4. The molecule has 2 heteroatoms. The standard InChI is InChI=1S/C14H28N2/c1-11(2)15-10-13-4-5-14(13)16-8-6-12(3)7-9-16/h11-15H,4-10H2,1-3H3. The predicted molar refractivity (Wildman–Crippen MR) is 69.6 cm³/mol. The Bertz CT molecular complexity index is 207. The van der Waals surface area contributed by atoms with Crippen molar-refractivity contribution in [3.05, 3.63) is 0 Å². The van der Waals surface area contributed by atoms with E-state index in [1.54, 1.807) is 0 Å². The smallest absolute Gasteiger partial charge is 0.0136 e. The molecule has 2 aliphatic rings. The highest BCUT2D eigenvalue weighted by Gasteiger charge is 2.36. The largest absolute Gasteiger partial charge is 0.314 e. The monoisotopic (exact) mass is 224 g/mol. The van der Waals surface area contributed by atoms with E-state index in [-0.39, 0.29) is 0 Å². The molecule has 0 aromatic heterocycles. The first kappa shape index (κ1) is 12.4. The van der Waals surface area contributed by atoms with Gasteiger partial charge >= 0.3 is 0 Å². The Hall–Kier alpha value is -0.0800. The van der Waals surface area contributed by atoms with Gasteiger partial charge in [0.05, 0.1) is 0 Å². The number of nitrogens with zero attached hydrogens (tertiary/aromatic N) is 1. The number of piperidine rings is 1. The van der Waals surface area contributed by atoms with Crippen molar-refractivity contribution in [3.63, 3.8) is 0 Å². The summed E-state index contributed by atoms with van der Waals surface area (Å²) >= 11 is 0. The first-order valence-electron chi connectivity index (χ1n) is 7.14. The van der Waals surface area contributed by atoms with Crippen LogP contribution in [-0.2, 0) is 0 Å². The molecule has 0 bridgehead atoms. The molecule has 94 valence electrons. The van der Waals surface area contributed by atoms with Crippen LogP contribution < -0.4 is 5.32 Å². The molecule has 2 fully saturated rings. The summed E-state index contributed by atoms with van der Waals surface area (Å²) in [6, 6.07) is 1.54. The second-order valence-electron chi connectivity index (χ2n) is 6.19. The minimum Gasteiger partial charge on any atom is -0.314 e. The molecule has 2 nitrogen and oxygen atoms in total. The van der Waals surface area contributed by atoms with Crippen LogP contribution in [0.5, 0.6) is 0 Å². The minimum absolute atomic E-state index is 0.641. The second-order valence-corrected chi connectivity index (χ2v) is 6.19. The Morgan fingerprint density at radius 3 is 2.31 bits per heavy atom. The van der Waals surface area contributed by atoms with Crippen LogP contribution in [0.25, 0.3) is 0 Å². The summed E-state index contributed by atoms with van der Waals surface area (Å²) < 4.78 is 0. The molecule has 1 aliphatic heterocycles. The molecule has 0 aromatic rings. The van der Waals surface area contributed by atoms with Crippen LogP contribution in [0.2, 0.25) is 0 Å². The summed E-state index contributed by atoms with van der Waals surface area (Å²) in [6.07, 6.45) is 5.72. The van der Waals surface area contributed by atoms with Crippen LogP contribution in [-0.4, -0.2) is 36.6 Å². The van der Waals surface area contributed by atoms with Crippen molar-refractivity contribution in [2.75, 3.05) is 19.6 Å². The van der Waals surface area contributed by atoms with Gasteiger partial charge in [-0.25, -0.2) is 0 Å². The van der Waals surface area contributed by atoms with Gasteiger partial charge in [0.1, 0.15) is 0 Å². The van der Waals surface area contributed by atoms with Gasteiger partial charge in [0.15, 0.2) is 0 Å². The zero-order valence-corrected chi connectivity index (χ0v) is 11.2. The average Bonchev–Trinajstić information content (AvgIpc) is 2.19. The van der Waals surface area contributed by atoms with Gasteiger partial charge in [-0.3, -0.25) is 0 Å². The molecule has 0 aromatic carbocycles. The lowest BCUT2D eigenvalue weighted by molar-refractivity contribution is 0.0358. The summed E-state index contributed by atoms with van der Waals surface area (Å²) in [5.74, 6) is 1.89. The molecule has 2 rings (SSSR count). The lowest BCUT2D eigenvalue weighted by Gasteiger charge is -2.47. The molecule has 1 saturated carbocycles. The van der Waals surface area contributed by atoms with Gasteiger partial charge in [-0.05, 0) is 57.2 Å². The lowest BCUT2D eigenvalue weighted by atomic mass is 9.77. The van der Waals surface area contributed by atoms with Crippen molar-refractivity contribution in [1.29, 1.82) is 0 Å². The maximum absolute atomic E-state index is 3.60. The Kier molecular flexibility index (Phi) is 4.26. The van der Waals surface area contributed by atoms with Gasteiger partial charge in [0.2, 0.25) is 0 Å². The van der Waals surface area contributed by atoms with Crippen molar-refractivity contribution >= 4 is 0 Å². The maximum Gasteiger partial charge on any atom is 0.0136 e. The first-order chi connectivity index (χ1) is 7.66. The van der Waals surface area contributed by atoms with Gasteiger partial charge < -0.3 is 10.2 Å². The number of hydrogen-bond acceptors (Lipinski definition) is 2. The Balaban J connectivity index is 1.73. The summed E-state index contributed by atoms with van der Waals surface area (Å²) in [5.41, 5.74) is 0. The Labute approximate surface area is 101 Å². The maximum atomic E-state index is 3.60. The first-order valence-corrected chi connectivity index (χ1v) is 7.14. The van der Waals surface area contributed by atoms with E-state index in [1.807, 2.05) is 0 Å². The molecule has 1 aliphatic carbocycles. The molecule has 16 heavy (non-hydrogen) atoms. The molecule has 2 unspecified atom stereocenters. The lowest BCUT2D eigenvalue weighted by Crippen LogP contribution is -2.53.